The van der Waals surface area contributed by atoms with Crippen LogP contribution in [0.4, 0.5) is 5.13 Å². The molecule has 0 saturated heterocycles. The molecule has 0 saturated carbocycles. The molecule has 1 amide bonds. The van der Waals surface area contributed by atoms with Crippen molar-refractivity contribution in [2.45, 2.75) is 12.8 Å². The van der Waals surface area contributed by atoms with Crippen molar-refractivity contribution in [3.8, 4) is 17.3 Å². The van der Waals surface area contributed by atoms with Gasteiger partial charge < -0.3 is 5.32 Å². The van der Waals surface area contributed by atoms with Crippen molar-refractivity contribution < 1.29 is 4.79 Å². The second kappa shape index (κ2) is 7.93. The van der Waals surface area contributed by atoms with Gasteiger partial charge in [-0.3, -0.25) is 4.79 Å². The van der Waals surface area contributed by atoms with Gasteiger partial charge in [0.15, 0.2) is 5.13 Å². The fraction of sp³-hybridized carbons (Fsp3) is 0.105. The van der Waals surface area contributed by atoms with Gasteiger partial charge in [-0.1, -0.05) is 41.9 Å². The molecule has 0 spiro atoms. The van der Waals surface area contributed by atoms with Crippen molar-refractivity contribution in [2.75, 3.05) is 5.32 Å². The Kier molecular flexibility index (Phi) is 5.44. The molecule has 4 nitrogen and oxygen atoms in total. The standard InChI is InChI=1S/C19H14ClN3OS/c20-16-4-2-1-3-15(16)17-12-25-19(22-17)23-18(24)10-9-13-5-7-14(11-21)8-6-13/h1-8,12H,9-10H2,(H,22,23,24). The molecule has 0 bridgehead atoms. The zero-order valence-electron chi connectivity index (χ0n) is 13.2. The molecule has 3 rings (SSSR count). The van der Waals surface area contributed by atoms with Gasteiger partial charge in [-0.05, 0) is 30.2 Å². The van der Waals surface area contributed by atoms with Crippen LogP contribution in [0.25, 0.3) is 11.3 Å². The highest BCUT2D eigenvalue weighted by Gasteiger charge is 2.10. The van der Waals surface area contributed by atoms with Crippen molar-refractivity contribution in [1.29, 1.82) is 5.26 Å². The molecule has 124 valence electrons. The van der Waals surface area contributed by atoms with Crippen LogP contribution in [0.3, 0.4) is 0 Å². The summed E-state index contributed by atoms with van der Waals surface area (Å²) in [4.78, 5) is 16.5. The first-order valence-electron chi connectivity index (χ1n) is 7.65. The number of halogens is 1. The minimum absolute atomic E-state index is 0.0931. The molecule has 0 aliphatic heterocycles. The predicted octanol–water partition coefficient (Wildman–Crippen LogP) is 4.91. The topological polar surface area (TPSA) is 65.8 Å². The number of nitrogens with zero attached hydrogens (tertiary/aromatic N) is 2. The number of aromatic nitrogens is 1. The maximum absolute atomic E-state index is 12.1. The first-order chi connectivity index (χ1) is 12.2. The lowest BCUT2D eigenvalue weighted by Gasteiger charge is -2.03. The summed E-state index contributed by atoms with van der Waals surface area (Å²) in [5.41, 5.74) is 3.23. The lowest BCUT2D eigenvalue weighted by atomic mass is 10.1. The third kappa shape index (κ3) is 4.44. The number of carbonyl (C=O) groups excluding carboxylic acids is 1. The lowest BCUT2D eigenvalue weighted by molar-refractivity contribution is -0.116. The van der Waals surface area contributed by atoms with Crippen molar-refractivity contribution in [2.24, 2.45) is 0 Å². The number of benzene rings is 2. The SMILES string of the molecule is N#Cc1ccc(CCC(=O)Nc2nc(-c3ccccc3Cl)cs2)cc1. The molecular formula is C19H14ClN3OS. The number of anilines is 1. The van der Waals surface area contributed by atoms with Crippen LogP contribution in [-0.2, 0) is 11.2 Å². The van der Waals surface area contributed by atoms with Gasteiger partial charge in [0.1, 0.15) is 0 Å². The molecule has 0 aliphatic rings. The first-order valence-corrected chi connectivity index (χ1v) is 8.91. The summed E-state index contributed by atoms with van der Waals surface area (Å²) in [5.74, 6) is -0.0931. The van der Waals surface area contributed by atoms with E-state index >= 15 is 0 Å². The summed E-state index contributed by atoms with van der Waals surface area (Å²) in [5, 5.41) is 14.7. The van der Waals surface area contributed by atoms with E-state index in [0.29, 0.717) is 28.6 Å². The Hall–Kier alpha value is -2.68. The minimum atomic E-state index is -0.0931. The van der Waals surface area contributed by atoms with Gasteiger partial charge in [-0.2, -0.15) is 5.26 Å². The highest BCUT2D eigenvalue weighted by atomic mass is 35.5. The molecule has 0 aliphatic carbocycles. The molecule has 3 aromatic rings. The molecule has 0 atom stereocenters. The van der Waals surface area contributed by atoms with Gasteiger partial charge >= 0.3 is 0 Å². The number of aryl methyl sites for hydroxylation is 1. The van der Waals surface area contributed by atoms with Gasteiger partial charge in [-0.15, -0.1) is 11.3 Å². The minimum Gasteiger partial charge on any atom is -0.302 e. The average Bonchev–Trinajstić information content (AvgIpc) is 3.09. The summed E-state index contributed by atoms with van der Waals surface area (Å²) >= 11 is 7.54. The fourth-order valence-corrected chi connectivity index (χ4v) is 3.27. The number of thiazole rings is 1. The number of nitrogens with one attached hydrogen (secondary N) is 1. The summed E-state index contributed by atoms with van der Waals surface area (Å²) in [6.45, 7) is 0. The van der Waals surface area contributed by atoms with E-state index in [-0.39, 0.29) is 5.91 Å². The van der Waals surface area contributed by atoms with Crippen molar-refractivity contribution in [1.82, 2.24) is 4.98 Å². The third-order valence-electron chi connectivity index (χ3n) is 3.62. The Balaban J connectivity index is 1.58. The molecule has 1 N–H and O–H groups in total. The van der Waals surface area contributed by atoms with Crippen LogP contribution in [0.1, 0.15) is 17.5 Å². The second-order valence-electron chi connectivity index (χ2n) is 5.37. The average molecular weight is 368 g/mol. The molecule has 2 aromatic carbocycles. The van der Waals surface area contributed by atoms with Crippen LogP contribution in [0, 0.1) is 11.3 Å². The van der Waals surface area contributed by atoms with Crippen molar-refractivity contribution in [3.63, 3.8) is 0 Å². The van der Waals surface area contributed by atoms with Gasteiger partial charge in [0.2, 0.25) is 5.91 Å². The molecule has 1 heterocycles. The van der Waals surface area contributed by atoms with Crippen molar-refractivity contribution in [3.05, 3.63) is 70.1 Å². The van der Waals surface area contributed by atoms with Crippen LogP contribution in [0.15, 0.2) is 53.9 Å². The Bertz CT molecular complexity index is 928. The number of carbonyl (C=O) groups is 1. The summed E-state index contributed by atoms with van der Waals surface area (Å²) in [7, 11) is 0. The summed E-state index contributed by atoms with van der Waals surface area (Å²) in [6.07, 6.45) is 0.965. The van der Waals surface area contributed by atoms with Crippen LogP contribution >= 0.6 is 22.9 Å². The predicted molar refractivity (Wildman–Crippen MR) is 101 cm³/mol. The highest BCUT2D eigenvalue weighted by molar-refractivity contribution is 7.14. The Morgan fingerprint density at radius 1 is 1.20 bits per heavy atom. The van der Waals surface area contributed by atoms with E-state index in [1.807, 2.05) is 41.8 Å². The third-order valence-corrected chi connectivity index (χ3v) is 4.71. The zero-order chi connectivity index (χ0) is 17.6. The van der Waals surface area contributed by atoms with E-state index in [9.17, 15) is 4.79 Å². The molecule has 0 fully saturated rings. The van der Waals surface area contributed by atoms with E-state index in [1.165, 1.54) is 11.3 Å². The number of hydrogen-bond acceptors (Lipinski definition) is 4. The Morgan fingerprint density at radius 2 is 1.96 bits per heavy atom. The monoisotopic (exact) mass is 367 g/mol. The van der Waals surface area contributed by atoms with Crippen LogP contribution < -0.4 is 5.32 Å². The Morgan fingerprint density at radius 3 is 2.68 bits per heavy atom. The van der Waals surface area contributed by atoms with Gasteiger partial charge in [0.25, 0.3) is 0 Å². The van der Waals surface area contributed by atoms with E-state index < -0.39 is 0 Å². The molecule has 0 unspecified atom stereocenters. The largest absolute Gasteiger partial charge is 0.302 e. The maximum atomic E-state index is 12.1. The maximum Gasteiger partial charge on any atom is 0.226 e. The molecule has 6 heteroatoms. The zero-order valence-corrected chi connectivity index (χ0v) is 14.8. The Labute approximate surface area is 154 Å². The fourth-order valence-electron chi connectivity index (χ4n) is 2.31. The van der Waals surface area contributed by atoms with Crippen LogP contribution in [-0.4, -0.2) is 10.9 Å². The number of rotatable bonds is 5. The van der Waals surface area contributed by atoms with Gasteiger partial charge in [0.05, 0.1) is 17.3 Å². The lowest BCUT2D eigenvalue weighted by Crippen LogP contribution is -2.12. The number of nitriles is 1. The van der Waals surface area contributed by atoms with E-state index in [0.717, 1.165) is 16.8 Å². The quantitative estimate of drug-likeness (QED) is 0.697. The summed E-state index contributed by atoms with van der Waals surface area (Å²) in [6, 6.07) is 16.8. The van der Waals surface area contributed by atoms with E-state index in [2.05, 4.69) is 16.4 Å². The number of amides is 1. The van der Waals surface area contributed by atoms with Crippen LogP contribution in [0.5, 0.6) is 0 Å². The molecule has 0 radical (unpaired) electrons. The second-order valence-corrected chi connectivity index (χ2v) is 6.64. The first kappa shape index (κ1) is 17.2. The summed E-state index contributed by atoms with van der Waals surface area (Å²) < 4.78 is 0. The van der Waals surface area contributed by atoms with Gasteiger partial charge in [-0.25, -0.2) is 4.98 Å². The van der Waals surface area contributed by atoms with Crippen LogP contribution in [0.2, 0.25) is 5.02 Å². The molecule has 1 aromatic heterocycles. The van der Waals surface area contributed by atoms with Gasteiger partial charge in [0, 0.05) is 22.4 Å². The smallest absolute Gasteiger partial charge is 0.226 e. The normalized spacial score (nSPS) is 10.2. The number of hydrogen-bond donors (Lipinski definition) is 1. The molecular weight excluding hydrogens is 354 g/mol. The highest BCUT2D eigenvalue weighted by Crippen LogP contribution is 2.30. The van der Waals surface area contributed by atoms with E-state index in [1.54, 1.807) is 12.1 Å². The van der Waals surface area contributed by atoms with Crippen molar-refractivity contribution >= 4 is 34.0 Å². The molecule has 25 heavy (non-hydrogen) atoms. The van der Waals surface area contributed by atoms with E-state index in [4.69, 9.17) is 16.9 Å².